The average molecular weight is 475 g/mol. The summed E-state index contributed by atoms with van der Waals surface area (Å²) in [5.74, 6) is 0.527. The normalized spacial score (nSPS) is 16.3. The molecule has 1 aromatic carbocycles. The summed E-state index contributed by atoms with van der Waals surface area (Å²) >= 11 is 0. The third kappa shape index (κ3) is 5.29. The van der Waals surface area contributed by atoms with Crippen LogP contribution in [0.15, 0.2) is 55.0 Å². The Morgan fingerprint density at radius 2 is 2.06 bits per heavy atom. The van der Waals surface area contributed by atoms with Crippen molar-refractivity contribution in [1.29, 1.82) is 0 Å². The number of fused-ring (bicyclic) bond motifs is 1. The van der Waals surface area contributed by atoms with Gasteiger partial charge in [-0.3, -0.25) is 14.3 Å². The molecule has 0 bridgehead atoms. The number of pyridine rings is 1. The van der Waals surface area contributed by atoms with Crippen molar-refractivity contribution in [1.82, 2.24) is 20.1 Å². The summed E-state index contributed by atoms with van der Waals surface area (Å²) in [5.41, 5.74) is 2.86. The molecule has 0 radical (unpaired) electrons. The van der Waals surface area contributed by atoms with Gasteiger partial charge in [0.2, 0.25) is 11.8 Å². The molecule has 2 aliphatic rings. The average Bonchev–Trinajstić information content (AvgIpc) is 3.54. The fraction of sp³-hybridized carbons (Fsp3) is 0.385. The summed E-state index contributed by atoms with van der Waals surface area (Å²) in [4.78, 5) is 32.8. The molecular weight excluding hydrogens is 444 g/mol. The van der Waals surface area contributed by atoms with Gasteiger partial charge in [-0.2, -0.15) is 5.10 Å². The van der Waals surface area contributed by atoms with Crippen molar-refractivity contribution in [3.63, 3.8) is 0 Å². The number of aromatic nitrogens is 3. The van der Waals surface area contributed by atoms with Crippen molar-refractivity contribution in [3.8, 4) is 5.88 Å². The molecule has 0 saturated heterocycles. The second kappa shape index (κ2) is 10.2. The minimum absolute atomic E-state index is 0.220. The number of benzene rings is 1. The molecule has 1 aliphatic heterocycles. The van der Waals surface area contributed by atoms with Gasteiger partial charge in [0, 0.05) is 30.7 Å². The molecule has 35 heavy (non-hydrogen) atoms. The van der Waals surface area contributed by atoms with Gasteiger partial charge in [-0.05, 0) is 42.7 Å². The molecule has 3 aromatic rings. The van der Waals surface area contributed by atoms with E-state index in [-0.39, 0.29) is 11.8 Å². The van der Waals surface area contributed by atoms with Crippen LogP contribution in [0, 0.1) is 5.92 Å². The number of nitrogens with zero attached hydrogens (tertiary/aromatic N) is 4. The number of rotatable bonds is 7. The lowest BCUT2D eigenvalue weighted by atomic mass is 9.97. The molecule has 3 heterocycles. The van der Waals surface area contributed by atoms with E-state index in [4.69, 9.17) is 4.74 Å². The summed E-state index contributed by atoms with van der Waals surface area (Å²) in [6, 6.07) is 10.6. The molecule has 5 rings (SSSR count). The predicted molar refractivity (Wildman–Crippen MR) is 133 cm³/mol. The number of nitrogens with one attached hydrogen (secondary N) is 2. The maximum absolute atomic E-state index is 13.3. The summed E-state index contributed by atoms with van der Waals surface area (Å²) < 4.78 is 7.29. The summed E-state index contributed by atoms with van der Waals surface area (Å²) in [7, 11) is 1.79. The van der Waals surface area contributed by atoms with Gasteiger partial charge >= 0.3 is 0 Å². The van der Waals surface area contributed by atoms with E-state index in [1.54, 1.807) is 36.4 Å². The Kier molecular flexibility index (Phi) is 6.65. The first-order valence-electron chi connectivity index (χ1n) is 12.1. The largest absolute Gasteiger partial charge is 0.474 e. The maximum atomic E-state index is 13.3. The van der Waals surface area contributed by atoms with E-state index >= 15 is 0 Å². The molecule has 9 nitrogen and oxygen atoms in total. The second-order valence-electron chi connectivity index (χ2n) is 9.18. The molecule has 1 fully saturated rings. The van der Waals surface area contributed by atoms with Gasteiger partial charge in [-0.1, -0.05) is 31.7 Å². The number of aryl methyl sites for hydroxylation is 1. The van der Waals surface area contributed by atoms with Crippen LogP contribution in [0.5, 0.6) is 5.88 Å². The van der Waals surface area contributed by atoms with Crippen LogP contribution in [0.3, 0.4) is 0 Å². The molecule has 0 spiro atoms. The van der Waals surface area contributed by atoms with Crippen LogP contribution in [0.1, 0.15) is 42.5 Å². The zero-order chi connectivity index (χ0) is 24.2. The Morgan fingerprint density at radius 3 is 2.86 bits per heavy atom. The fourth-order valence-corrected chi connectivity index (χ4v) is 4.90. The molecule has 2 N–H and O–H groups in total. The molecular formula is C26H30N6O3. The third-order valence-electron chi connectivity index (χ3n) is 6.65. The Bertz CT molecular complexity index is 1200. The van der Waals surface area contributed by atoms with Gasteiger partial charge < -0.3 is 20.3 Å². The van der Waals surface area contributed by atoms with E-state index in [2.05, 4.69) is 25.6 Å². The molecule has 1 saturated carbocycles. The van der Waals surface area contributed by atoms with Crippen molar-refractivity contribution in [2.24, 2.45) is 13.0 Å². The highest BCUT2D eigenvalue weighted by Gasteiger charge is 2.28. The van der Waals surface area contributed by atoms with Crippen molar-refractivity contribution >= 4 is 28.9 Å². The van der Waals surface area contributed by atoms with Crippen molar-refractivity contribution in [2.75, 3.05) is 23.4 Å². The minimum Gasteiger partial charge on any atom is -0.474 e. The number of carbonyl (C=O) groups excluding carboxylic acids is 2. The molecule has 182 valence electrons. The van der Waals surface area contributed by atoms with Crippen LogP contribution < -0.4 is 20.3 Å². The van der Waals surface area contributed by atoms with Crippen LogP contribution in [-0.2, 0) is 11.8 Å². The first-order valence-corrected chi connectivity index (χ1v) is 12.1. The quantitative estimate of drug-likeness (QED) is 0.542. The fourth-order valence-electron chi connectivity index (χ4n) is 4.90. The Morgan fingerprint density at radius 1 is 1.20 bits per heavy atom. The number of hydrogen-bond acceptors (Lipinski definition) is 6. The standard InChI is InChI=1S/C26H30N6O3/c1-31-17-20(16-28-31)29-25(34)22(14-18-6-2-3-7-18)30-24(33)19-8-4-9-21(15-19)32-12-13-35-26-23(32)10-5-11-27-26/h4-5,8-11,15-18,22H,2-3,6-7,12-14H2,1H3,(H,29,34)(H,30,33)/t22-/m0/s1. The van der Waals surface area contributed by atoms with Gasteiger partial charge in [-0.15, -0.1) is 0 Å². The summed E-state index contributed by atoms with van der Waals surface area (Å²) in [5, 5.41) is 10.0. The first kappa shape index (κ1) is 22.9. The van der Waals surface area contributed by atoms with E-state index in [9.17, 15) is 9.59 Å². The highest BCUT2D eigenvalue weighted by molar-refractivity contribution is 6.01. The monoisotopic (exact) mass is 474 g/mol. The smallest absolute Gasteiger partial charge is 0.252 e. The van der Waals surface area contributed by atoms with Gasteiger partial charge in [0.05, 0.1) is 18.4 Å². The Balaban J connectivity index is 1.33. The van der Waals surface area contributed by atoms with Gasteiger partial charge in [0.25, 0.3) is 5.91 Å². The lowest BCUT2D eigenvalue weighted by molar-refractivity contribution is -0.118. The molecule has 0 unspecified atom stereocenters. The van der Waals surface area contributed by atoms with E-state index in [0.29, 0.717) is 42.6 Å². The SMILES string of the molecule is Cn1cc(NC(=O)[C@H](CC2CCCC2)NC(=O)c2cccc(N3CCOc4ncccc43)c2)cn1. The number of anilines is 3. The first-order chi connectivity index (χ1) is 17.1. The van der Waals surface area contributed by atoms with Crippen molar-refractivity contribution < 1.29 is 14.3 Å². The van der Waals surface area contributed by atoms with Gasteiger partial charge in [0.15, 0.2) is 0 Å². The Hall–Kier alpha value is -3.88. The summed E-state index contributed by atoms with van der Waals surface area (Å²) in [6.45, 7) is 1.17. The maximum Gasteiger partial charge on any atom is 0.252 e. The number of amides is 2. The number of hydrogen-bond donors (Lipinski definition) is 2. The van der Waals surface area contributed by atoms with Gasteiger partial charge in [0.1, 0.15) is 18.3 Å². The van der Waals surface area contributed by atoms with E-state index < -0.39 is 6.04 Å². The minimum atomic E-state index is -0.622. The molecule has 2 amide bonds. The highest BCUT2D eigenvalue weighted by atomic mass is 16.5. The van der Waals surface area contributed by atoms with Crippen LogP contribution in [0.25, 0.3) is 0 Å². The van der Waals surface area contributed by atoms with Crippen LogP contribution in [-0.4, -0.2) is 45.8 Å². The van der Waals surface area contributed by atoms with Crippen LogP contribution in [0.4, 0.5) is 17.1 Å². The van der Waals surface area contributed by atoms with Crippen LogP contribution in [0.2, 0.25) is 0 Å². The molecule has 9 heteroatoms. The number of carbonyl (C=O) groups is 2. The topological polar surface area (TPSA) is 101 Å². The second-order valence-corrected chi connectivity index (χ2v) is 9.18. The predicted octanol–water partition coefficient (Wildman–Crippen LogP) is 3.66. The lowest BCUT2D eigenvalue weighted by Gasteiger charge is -2.30. The van der Waals surface area contributed by atoms with Gasteiger partial charge in [-0.25, -0.2) is 4.98 Å². The summed E-state index contributed by atoms with van der Waals surface area (Å²) in [6.07, 6.45) is 10.2. The van der Waals surface area contributed by atoms with E-state index in [1.807, 2.05) is 30.3 Å². The molecule has 1 atom stereocenters. The molecule has 2 aromatic heterocycles. The van der Waals surface area contributed by atoms with Crippen molar-refractivity contribution in [3.05, 3.63) is 60.6 Å². The Labute approximate surface area is 204 Å². The van der Waals surface area contributed by atoms with E-state index in [1.165, 1.54) is 12.8 Å². The van der Waals surface area contributed by atoms with E-state index in [0.717, 1.165) is 24.2 Å². The third-order valence-corrected chi connectivity index (χ3v) is 6.65. The zero-order valence-electron chi connectivity index (χ0n) is 19.8. The van der Waals surface area contributed by atoms with Crippen molar-refractivity contribution in [2.45, 2.75) is 38.1 Å². The number of ether oxygens (including phenoxy) is 1. The molecule has 1 aliphatic carbocycles. The van der Waals surface area contributed by atoms with Crippen LogP contribution >= 0.6 is 0 Å². The zero-order valence-corrected chi connectivity index (χ0v) is 19.8. The highest BCUT2D eigenvalue weighted by Crippen LogP contribution is 2.35. The lowest BCUT2D eigenvalue weighted by Crippen LogP contribution is -2.44.